The van der Waals surface area contributed by atoms with E-state index >= 15 is 0 Å². The first-order chi connectivity index (χ1) is 22.0. The molecule has 13 heteroatoms. The molecule has 1 aliphatic rings. The minimum Gasteiger partial charge on any atom is -0.508 e. The van der Waals surface area contributed by atoms with E-state index in [-0.39, 0.29) is 37.1 Å². The second-order valence-electron chi connectivity index (χ2n) is 12.7. The molecule has 1 aromatic rings. The first-order valence-corrected chi connectivity index (χ1v) is 18.1. The number of hydrogen-bond acceptors (Lipinski definition) is 9. The number of phenols is 1. The van der Waals surface area contributed by atoms with Crippen LogP contribution in [0, 0.1) is 19.8 Å². The highest BCUT2D eigenvalue weighted by Crippen LogP contribution is 2.28. The Morgan fingerprint density at radius 3 is 2.26 bits per heavy atom. The summed E-state index contributed by atoms with van der Waals surface area (Å²) in [6, 6.07) is 0.980. The zero-order valence-electron chi connectivity index (χ0n) is 28.6. The van der Waals surface area contributed by atoms with Crippen molar-refractivity contribution < 1.29 is 29.4 Å². The summed E-state index contributed by atoms with van der Waals surface area (Å²) in [5.74, 6) is -0.790. The van der Waals surface area contributed by atoms with Crippen molar-refractivity contribution in [2.75, 3.05) is 38.8 Å². The number of aryl methyl sites for hydroxylation is 2. The van der Waals surface area contributed by atoms with Gasteiger partial charge in [-0.3, -0.25) is 29.4 Å². The van der Waals surface area contributed by atoms with Crippen LogP contribution in [0.3, 0.4) is 0 Å². The van der Waals surface area contributed by atoms with Crippen molar-refractivity contribution in [3.05, 3.63) is 28.8 Å². The number of aliphatic hydroxyl groups excluding tert-OH is 1. The lowest BCUT2D eigenvalue weighted by Crippen LogP contribution is -2.54. The van der Waals surface area contributed by atoms with Crippen LogP contribution in [0.2, 0.25) is 0 Å². The molecule has 2 rings (SSSR count). The summed E-state index contributed by atoms with van der Waals surface area (Å²) in [6.07, 6.45) is 12.4. The molecule has 0 saturated heterocycles. The van der Waals surface area contributed by atoms with Gasteiger partial charge in [-0.25, -0.2) is 0 Å². The Morgan fingerprint density at radius 1 is 1.00 bits per heavy atom. The number of benzene rings is 1. The number of rotatable bonds is 20. The number of likely N-dealkylation sites (N-methyl/N-ethyl adjacent to an activating group) is 1. The van der Waals surface area contributed by atoms with Crippen molar-refractivity contribution in [3.63, 3.8) is 0 Å². The van der Waals surface area contributed by atoms with Crippen LogP contribution in [0.5, 0.6) is 5.75 Å². The molecule has 0 radical (unpaired) electrons. The van der Waals surface area contributed by atoms with Gasteiger partial charge >= 0.3 is 0 Å². The maximum atomic E-state index is 13.4. The monoisotopic (exact) mass is 699 g/mol. The van der Waals surface area contributed by atoms with Crippen molar-refractivity contribution in [1.29, 1.82) is 0 Å². The number of thioether (sulfide) groups is 1. The fraction of sp³-hybridized carbons (Fsp3) is 0.706. The summed E-state index contributed by atoms with van der Waals surface area (Å²) < 4.78 is 0. The minimum atomic E-state index is -0.916. The molecule has 47 heavy (non-hydrogen) atoms. The second kappa shape index (κ2) is 23.1. The Morgan fingerprint density at radius 2 is 1.64 bits per heavy atom. The third kappa shape index (κ3) is 15.6. The van der Waals surface area contributed by atoms with Gasteiger partial charge in [0.05, 0.1) is 18.6 Å². The van der Waals surface area contributed by atoms with E-state index in [9.17, 15) is 24.3 Å². The molecule has 3 atom stereocenters. The number of imide groups is 1. The van der Waals surface area contributed by atoms with Crippen LogP contribution in [0.4, 0.5) is 0 Å². The van der Waals surface area contributed by atoms with Gasteiger partial charge in [-0.05, 0) is 106 Å². The third-order valence-electron chi connectivity index (χ3n) is 8.91. The highest BCUT2D eigenvalue weighted by atomic mass is 35.5. The molecule has 1 fully saturated rings. The Bertz CT molecular complexity index is 1110. The van der Waals surface area contributed by atoms with Crippen molar-refractivity contribution >= 4 is 47.8 Å². The average Bonchev–Trinajstić information content (AvgIpc) is 3.02. The van der Waals surface area contributed by atoms with Crippen molar-refractivity contribution in [1.82, 2.24) is 20.9 Å². The topological polar surface area (TPSA) is 174 Å². The molecule has 268 valence electrons. The van der Waals surface area contributed by atoms with Crippen LogP contribution < -0.4 is 21.7 Å². The molecule has 0 unspecified atom stereocenters. The van der Waals surface area contributed by atoms with Crippen molar-refractivity contribution in [2.45, 2.75) is 109 Å². The number of halogens is 1. The molecule has 0 bridgehead atoms. The summed E-state index contributed by atoms with van der Waals surface area (Å²) in [4.78, 5) is 54.3. The molecule has 11 nitrogen and oxygen atoms in total. The van der Waals surface area contributed by atoms with Crippen molar-refractivity contribution in [2.24, 2.45) is 11.7 Å². The number of aromatic hydroxyl groups is 1. The summed E-state index contributed by atoms with van der Waals surface area (Å²) >= 11 is 1.53. The number of phenolic OH excluding ortho intramolecular Hbond substituents is 1. The number of hydrogen-bond donors (Lipinski definition) is 6. The lowest BCUT2D eigenvalue weighted by atomic mass is 9.84. The molecule has 7 N–H and O–H groups in total. The van der Waals surface area contributed by atoms with Crippen LogP contribution in [-0.4, -0.2) is 95.6 Å². The van der Waals surface area contributed by atoms with E-state index in [1.165, 1.54) is 18.2 Å². The zero-order chi connectivity index (χ0) is 34.1. The highest BCUT2D eigenvalue weighted by molar-refractivity contribution is 7.98. The lowest BCUT2D eigenvalue weighted by molar-refractivity contribution is -0.135. The van der Waals surface area contributed by atoms with E-state index in [0.717, 1.165) is 68.1 Å². The first kappa shape index (κ1) is 42.6. The van der Waals surface area contributed by atoms with Gasteiger partial charge in [-0.15, -0.1) is 12.4 Å². The number of nitrogens with one attached hydrogen (secondary N) is 3. The number of amides is 4. The third-order valence-corrected chi connectivity index (χ3v) is 9.55. The Labute approximate surface area is 291 Å². The summed E-state index contributed by atoms with van der Waals surface area (Å²) in [5.41, 5.74) is 8.73. The number of unbranched alkanes of at least 4 members (excludes halogenated alkanes) is 3. The van der Waals surface area contributed by atoms with Gasteiger partial charge in [-0.2, -0.15) is 11.8 Å². The van der Waals surface area contributed by atoms with E-state index in [0.29, 0.717) is 31.1 Å². The van der Waals surface area contributed by atoms with E-state index in [2.05, 4.69) is 16.0 Å². The number of aliphatic hydroxyl groups is 1. The van der Waals surface area contributed by atoms with Gasteiger partial charge in [0.2, 0.25) is 23.6 Å². The molecule has 0 aromatic heterocycles. The van der Waals surface area contributed by atoms with Gasteiger partial charge in [0, 0.05) is 6.61 Å². The number of nitrogens with zero attached hydrogens (tertiary/aromatic N) is 1. The fourth-order valence-corrected chi connectivity index (χ4v) is 6.62. The fourth-order valence-electron chi connectivity index (χ4n) is 6.15. The second-order valence-corrected chi connectivity index (χ2v) is 13.7. The van der Waals surface area contributed by atoms with Crippen LogP contribution in [-0.2, 0) is 25.6 Å². The number of carbonyl (C=O) groups is 4. The van der Waals surface area contributed by atoms with Gasteiger partial charge in [-0.1, -0.05) is 44.9 Å². The Balaban J connectivity index is 0.0000110. The summed E-state index contributed by atoms with van der Waals surface area (Å²) in [7, 11) is 1.92. The van der Waals surface area contributed by atoms with E-state index in [4.69, 9.17) is 10.8 Å². The highest BCUT2D eigenvalue weighted by Gasteiger charge is 2.29. The minimum absolute atomic E-state index is 0. The summed E-state index contributed by atoms with van der Waals surface area (Å²) in [5, 5.41) is 26.7. The van der Waals surface area contributed by atoms with Gasteiger partial charge in [0.15, 0.2) is 0 Å². The molecular formula is C34H58ClN5O6S. The largest absolute Gasteiger partial charge is 0.508 e. The lowest BCUT2D eigenvalue weighted by Gasteiger charge is -2.31. The smallest absolute Gasteiger partial charge is 0.245 e. The normalized spacial score (nSPS) is 15.3. The van der Waals surface area contributed by atoms with Gasteiger partial charge in [0.1, 0.15) is 11.8 Å². The van der Waals surface area contributed by atoms with E-state index < -0.39 is 42.4 Å². The van der Waals surface area contributed by atoms with Crippen LogP contribution in [0.25, 0.3) is 0 Å². The predicted molar refractivity (Wildman–Crippen MR) is 191 cm³/mol. The summed E-state index contributed by atoms with van der Waals surface area (Å²) in [6.45, 7) is 4.18. The zero-order valence-corrected chi connectivity index (χ0v) is 30.3. The molecule has 1 aliphatic carbocycles. The maximum Gasteiger partial charge on any atom is 0.245 e. The molecule has 0 aliphatic heterocycles. The molecule has 4 amide bonds. The van der Waals surface area contributed by atoms with E-state index in [1.807, 2.05) is 32.1 Å². The van der Waals surface area contributed by atoms with Gasteiger partial charge < -0.3 is 26.6 Å². The Hall–Kier alpha value is -2.38. The standard InChI is InChI=1S/C34H57N5O6S.ClH/c1-23-18-26(41)19-24(2)27(23)21-28(35)32(43)37-29(14-17-46-4)33(44)36-22-31(42)38-34(45)30(20-25-12-8-7-9-13-25)39(3)15-10-5-6-11-16-40;/h18-19,25,28-30,40-41H,5-17,20-22,35H2,1-4H3,(H,36,44)(H,37,43)(H,38,42,45);1H/t28-,29+,30-;/m0./s1. The predicted octanol–water partition coefficient (Wildman–Crippen LogP) is 3.12. The molecule has 1 aromatic carbocycles. The number of carbonyl (C=O) groups excluding carboxylic acids is 4. The van der Waals surface area contributed by atoms with E-state index in [1.54, 1.807) is 12.1 Å². The molecule has 0 heterocycles. The molecule has 1 saturated carbocycles. The molecular weight excluding hydrogens is 642 g/mol. The van der Waals surface area contributed by atoms with Crippen LogP contribution in [0.15, 0.2) is 12.1 Å². The number of nitrogens with two attached hydrogens (primary N) is 1. The Kier molecular flexibility index (Phi) is 20.9. The van der Waals surface area contributed by atoms with Crippen LogP contribution in [0.1, 0.15) is 87.3 Å². The first-order valence-electron chi connectivity index (χ1n) is 16.7. The van der Waals surface area contributed by atoms with Gasteiger partial charge in [0.25, 0.3) is 0 Å². The molecule has 0 spiro atoms. The quantitative estimate of drug-likeness (QED) is 0.112. The van der Waals surface area contributed by atoms with Crippen molar-refractivity contribution in [3.8, 4) is 5.75 Å². The maximum absolute atomic E-state index is 13.4. The average molecular weight is 700 g/mol. The SMILES string of the molecule is CSCC[C@@H](NC(=O)[C@@H](N)Cc1c(C)cc(O)cc1C)C(=O)NCC(=O)NC(=O)[C@H](CC1CCCCC1)N(C)CCCCCCO.Cl. The van der Waals surface area contributed by atoms with Crippen LogP contribution >= 0.6 is 24.2 Å².